The van der Waals surface area contributed by atoms with E-state index in [0.717, 1.165) is 22.4 Å². The number of halogens is 3. The van der Waals surface area contributed by atoms with Gasteiger partial charge in [0.05, 0.1) is 0 Å². The summed E-state index contributed by atoms with van der Waals surface area (Å²) in [6.07, 6.45) is 0. The number of alkyl halides is 1. The molecule has 0 atom stereocenters. The first-order valence-electron chi connectivity index (χ1n) is 5.82. The molecule has 0 aliphatic carbocycles. The molecule has 19 heavy (non-hydrogen) atoms. The monoisotopic (exact) mass is 342 g/mol. The van der Waals surface area contributed by atoms with Gasteiger partial charge in [0, 0.05) is 15.9 Å². The van der Waals surface area contributed by atoms with E-state index in [1.165, 1.54) is 12.1 Å². The normalized spacial score (nSPS) is 10.5. The summed E-state index contributed by atoms with van der Waals surface area (Å²) >= 11 is 9.34. The third-order valence-electron chi connectivity index (χ3n) is 2.85. The van der Waals surface area contributed by atoms with Crippen LogP contribution in [0.25, 0.3) is 0 Å². The van der Waals surface area contributed by atoms with Gasteiger partial charge in [0.25, 0.3) is 0 Å². The second-order valence-corrected chi connectivity index (χ2v) is 5.24. The maximum absolute atomic E-state index is 13.0. The zero-order valence-corrected chi connectivity index (χ0v) is 12.8. The van der Waals surface area contributed by atoms with E-state index >= 15 is 0 Å². The van der Waals surface area contributed by atoms with E-state index in [1.54, 1.807) is 12.1 Å². The molecule has 0 saturated heterocycles. The minimum Gasteiger partial charge on any atom is -0.489 e. The van der Waals surface area contributed by atoms with Crippen LogP contribution in [0.15, 0.2) is 36.4 Å². The van der Waals surface area contributed by atoms with E-state index in [9.17, 15) is 4.39 Å². The predicted molar refractivity (Wildman–Crippen MR) is 79.6 cm³/mol. The second-order valence-electron chi connectivity index (χ2n) is 4.25. The number of hydrogen-bond donors (Lipinski definition) is 0. The lowest BCUT2D eigenvalue weighted by Gasteiger charge is -2.12. The molecule has 0 radical (unpaired) electrons. The van der Waals surface area contributed by atoms with Gasteiger partial charge in [-0.15, -0.1) is 0 Å². The average Bonchev–Trinajstić information content (AvgIpc) is 2.39. The largest absolute Gasteiger partial charge is 0.489 e. The van der Waals surface area contributed by atoms with Crippen LogP contribution in [0.4, 0.5) is 4.39 Å². The van der Waals surface area contributed by atoms with Crippen LogP contribution in [-0.4, -0.2) is 0 Å². The number of hydrogen-bond acceptors (Lipinski definition) is 1. The van der Waals surface area contributed by atoms with E-state index in [-0.39, 0.29) is 5.82 Å². The van der Waals surface area contributed by atoms with E-state index in [4.69, 9.17) is 16.3 Å². The van der Waals surface area contributed by atoms with Crippen LogP contribution >= 0.6 is 27.5 Å². The van der Waals surface area contributed by atoms with Gasteiger partial charge in [-0.3, -0.25) is 0 Å². The lowest BCUT2D eigenvalue weighted by molar-refractivity contribution is 0.303. The lowest BCUT2D eigenvalue weighted by atomic mass is 10.1. The average molecular weight is 344 g/mol. The molecule has 0 fully saturated rings. The molecule has 2 rings (SSSR count). The van der Waals surface area contributed by atoms with Crippen molar-refractivity contribution in [2.45, 2.75) is 18.9 Å². The highest BCUT2D eigenvalue weighted by molar-refractivity contribution is 9.08. The van der Waals surface area contributed by atoms with E-state index in [2.05, 4.69) is 15.9 Å². The summed E-state index contributed by atoms with van der Waals surface area (Å²) in [4.78, 5) is 0. The van der Waals surface area contributed by atoms with Gasteiger partial charge >= 0.3 is 0 Å². The minimum absolute atomic E-state index is 0.228. The van der Waals surface area contributed by atoms with Gasteiger partial charge in [0.15, 0.2) is 0 Å². The predicted octanol–water partition coefficient (Wildman–Crippen LogP) is 5.26. The number of aryl methyl sites for hydroxylation is 1. The van der Waals surface area contributed by atoms with Gasteiger partial charge < -0.3 is 4.74 Å². The first kappa shape index (κ1) is 14.4. The van der Waals surface area contributed by atoms with Crippen molar-refractivity contribution in [2.24, 2.45) is 0 Å². The number of ether oxygens (including phenoxy) is 1. The third kappa shape index (κ3) is 3.71. The van der Waals surface area contributed by atoms with Gasteiger partial charge in [-0.25, -0.2) is 4.39 Å². The summed E-state index contributed by atoms with van der Waals surface area (Å²) in [5, 5.41) is 1.35. The second kappa shape index (κ2) is 6.40. The van der Waals surface area contributed by atoms with Gasteiger partial charge in [0.2, 0.25) is 0 Å². The van der Waals surface area contributed by atoms with Crippen LogP contribution in [0.1, 0.15) is 16.7 Å². The van der Waals surface area contributed by atoms with Crippen LogP contribution in [0.2, 0.25) is 5.02 Å². The highest BCUT2D eigenvalue weighted by atomic mass is 79.9. The van der Waals surface area contributed by atoms with Crippen LogP contribution in [-0.2, 0) is 11.9 Å². The Morgan fingerprint density at radius 3 is 2.63 bits per heavy atom. The van der Waals surface area contributed by atoms with Crippen molar-refractivity contribution < 1.29 is 9.13 Å². The molecule has 0 aromatic heterocycles. The Morgan fingerprint density at radius 2 is 1.95 bits per heavy atom. The van der Waals surface area contributed by atoms with Crippen LogP contribution in [0.3, 0.4) is 0 Å². The maximum atomic E-state index is 13.0. The first-order chi connectivity index (χ1) is 9.10. The summed E-state index contributed by atoms with van der Waals surface area (Å²) in [6.45, 7) is 2.28. The zero-order valence-electron chi connectivity index (χ0n) is 10.4. The van der Waals surface area contributed by atoms with Crippen molar-refractivity contribution in [3.63, 3.8) is 0 Å². The Labute approximate surface area is 125 Å². The Balaban J connectivity index is 2.14. The first-order valence-corrected chi connectivity index (χ1v) is 7.32. The molecule has 2 aromatic carbocycles. The van der Waals surface area contributed by atoms with Gasteiger partial charge in [-0.2, -0.15) is 0 Å². The van der Waals surface area contributed by atoms with Crippen molar-refractivity contribution in [3.05, 3.63) is 63.9 Å². The molecule has 0 aliphatic heterocycles. The third-order valence-corrected chi connectivity index (χ3v) is 3.69. The Kier molecular flexibility index (Phi) is 4.83. The lowest BCUT2D eigenvalue weighted by Crippen LogP contribution is -2.00. The molecule has 0 heterocycles. The fourth-order valence-corrected chi connectivity index (χ4v) is 2.40. The highest BCUT2D eigenvalue weighted by Gasteiger charge is 2.06. The molecule has 1 nitrogen and oxygen atoms in total. The standard InChI is InChI=1S/C15H13BrClFO/c1-10-6-14(18)4-2-11(10)9-19-15-5-3-13(17)7-12(15)8-16/h2-7H,8-9H2,1H3. The molecular weight excluding hydrogens is 331 g/mol. The Hall–Kier alpha value is -1.06. The van der Waals surface area contributed by atoms with Crippen molar-refractivity contribution in [1.29, 1.82) is 0 Å². The summed E-state index contributed by atoms with van der Waals surface area (Å²) in [6, 6.07) is 10.2. The zero-order chi connectivity index (χ0) is 13.8. The van der Waals surface area contributed by atoms with E-state index in [1.807, 2.05) is 19.1 Å². The SMILES string of the molecule is Cc1cc(F)ccc1COc1ccc(Cl)cc1CBr. The summed E-state index contributed by atoms with van der Waals surface area (Å²) in [5.74, 6) is 0.555. The fourth-order valence-electron chi connectivity index (χ4n) is 1.77. The Morgan fingerprint density at radius 1 is 1.16 bits per heavy atom. The molecule has 4 heteroatoms. The smallest absolute Gasteiger partial charge is 0.123 e. The van der Waals surface area contributed by atoms with Crippen LogP contribution < -0.4 is 4.74 Å². The van der Waals surface area contributed by atoms with Gasteiger partial charge in [0.1, 0.15) is 18.2 Å². The van der Waals surface area contributed by atoms with Gasteiger partial charge in [-0.1, -0.05) is 33.6 Å². The highest BCUT2D eigenvalue weighted by Crippen LogP contribution is 2.26. The molecule has 0 N–H and O–H groups in total. The van der Waals surface area contributed by atoms with E-state index in [0.29, 0.717) is 17.0 Å². The number of rotatable bonds is 4. The fraction of sp³-hybridized carbons (Fsp3) is 0.200. The minimum atomic E-state index is -0.228. The van der Waals surface area contributed by atoms with Crippen molar-refractivity contribution in [1.82, 2.24) is 0 Å². The number of benzene rings is 2. The molecule has 0 bridgehead atoms. The molecular formula is C15H13BrClFO. The molecule has 0 aliphatic rings. The summed E-state index contributed by atoms with van der Waals surface area (Å²) in [5.41, 5.74) is 2.85. The van der Waals surface area contributed by atoms with Crippen molar-refractivity contribution in [3.8, 4) is 5.75 Å². The summed E-state index contributed by atoms with van der Waals surface area (Å²) < 4.78 is 18.8. The molecule has 2 aromatic rings. The Bertz CT molecular complexity index is 586. The molecule has 0 saturated carbocycles. The quantitative estimate of drug-likeness (QED) is 0.688. The van der Waals surface area contributed by atoms with E-state index < -0.39 is 0 Å². The van der Waals surface area contributed by atoms with Gasteiger partial charge in [-0.05, 0) is 48.4 Å². The van der Waals surface area contributed by atoms with Crippen molar-refractivity contribution in [2.75, 3.05) is 0 Å². The van der Waals surface area contributed by atoms with Crippen LogP contribution in [0, 0.1) is 12.7 Å². The molecule has 0 spiro atoms. The summed E-state index contributed by atoms with van der Waals surface area (Å²) in [7, 11) is 0. The maximum Gasteiger partial charge on any atom is 0.123 e. The molecule has 0 amide bonds. The van der Waals surface area contributed by atoms with Crippen LogP contribution in [0.5, 0.6) is 5.75 Å². The molecule has 100 valence electrons. The van der Waals surface area contributed by atoms with Crippen molar-refractivity contribution >= 4 is 27.5 Å². The topological polar surface area (TPSA) is 9.23 Å². The molecule has 0 unspecified atom stereocenters.